The van der Waals surface area contributed by atoms with Crippen molar-refractivity contribution in [3.05, 3.63) is 12.2 Å². The van der Waals surface area contributed by atoms with Crippen LogP contribution in [0.3, 0.4) is 0 Å². The Morgan fingerprint density at radius 2 is 1.92 bits per heavy atom. The number of hydrogen-bond donors (Lipinski definition) is 1. The third-order valence-corrected chi connectivity index (χ3v) is 9.08. The van der Waals surface area contributed by atoms with Gasteiger partial charge >= 0.3 is 0 Å². The lowest BCUT2D eigenvalue weighted by atomic mass is 9.47. The van der Waals surface area contributed by atoms with E-state index in [9.17, 15) is 4.79 Å². The third kappa shape index (κ3) is 1.75. The summed E-state index contributed by atoms with van der Waals surface area (Å²) < 4.78 is 6.43. The molecule has 0 aromatic rings. The lowest BCUT2D eigenvalue weighted by Crippen LogP contribution is -2.60. The number of rotatable bonds is 0. The lowest BCUT2D eigenvalue weighted by molar-refractivity contribution is -0.142. The van der Waals surface area contributed by atoms with E-state index in [4.69, 9.17) is 4.74 Å². The van der Waals surface area contributed by atoms with E-state index in [1.807, 2.05) is 0 Å². The Hall–Kier alpha value is -0.830. The Labute approximate surface area is 145 Å². The Morgan fingerprint density at radius 3 is 2.71 bits per heavy atom. The van der Waals surface area contributed by atoms with E-state index in [1.54, 1.807) is 6.08 Å². The molecule has 7 atom stereocenters. The number of carbonyl (C=O) groups excluding carboxylic acids is 1. The largest absolute Gasteiger partial charge is 0.374 e. The number of fused-ring (bicyclic) bond motifs is 6. The molecule has 3 saturated carbocycles. The van der Waals surface area contributed by atoms with Crippen LogP contribution in [0, 0.1) is 28.6 Å². The summed E-state index contributed by atoms with van der Waals surface area (Å²) in [6.45, 7) is 5.94. The lowest BCUT2D eigenvalue weighted by Gasteiger charge is -2.60. The van der Waals surface area contributed by atoms with Crippen molar-refractivity contribution in [1.82, 2.24) is 5.32 Å². The zero-order chi connectivity index (χ0) is 16.6. The van der Waals surface area contributed by atoms with E-state index >= 15 is 0 Å². The second-order valence-electron chi connectivity index (χ2n) is 9.66. The molecule has 5 rings (SSSR count). The van der Waals surface area contributed by atoms with Crippen LogP contribution in [0.5, 0.6) is 0 Å². The van der Waals surface area contributed by atoms with Crippen molar-refractivity contribution >= 4 is 5.91 Å². The van der Waals surface area contributed by atoms with Gasteiger partial charge in [-0.3, -0.25) is 4.79 Å². The summed E-state index contributed by atoms with van der Waals surface area (Å²) in [5.41, 5.74) is 0.733. The molecule has 1 N–H and O–H groups in total. The maximum atomic E-state index is 11.8. The van der Waals surface area contributed by atoms with Crippen molar-refractivity contribution in [3.63, 3.8) is 0 Å². The highest BCUT2D eigenvalue weighted by atomic mass is 16.5. The van der Waals surface area contributed by atoms with Gasteiger partial charge in [0.25, 0.3) is 0 Å². The zero-order valence-electron chi connectivity index (χ0n) is 15.1. The van der Waals surface area contributed by atoms with Crippen molar-refractivity contribution in [3.8, 4) is 0 Å². The number of hydrogen-bond acceptors (Lipinski definition) is 2. The highest BCUT2D eigenvalue weighted by Crippen LogP contribution is 2.68. The predicted molar refractivity (Wildman–Crippen MR) is 93.4 cm³/mol. The van der Waals surface area contributed by atoms with Gasteiger partial charge < -0.3 is 10.1 Å². The average molecular weight is 329 g/mol. The molecule has 3 aliphatic carbocycles. The molecule has 0 bridgehead atoms. The highest BCUT2D eigenvalue weighted by molar-refractivity contribution is 5.89. The molecule has 24 heavy (non-hydrogen) atoms. The Balaban J connectivity index is 1.49. The first-order valence-corrected chi connectivity index (χ1v) is 10.1. The monoisotopic (exact) mass is 329 g/mol. The smallest absolute Gasteiger partial charge is 0.243 e. The van der Waals surface area contributed by atoms with Gasteiger partial charge in [-0.25, -0.2) is 0 Å². The second kappa shape index (κ2) is 4.87. The van der Waals surface area contributed by atoms with Gasteiger partial charge in [0.1, 0.15) is 0 Å². The summed E-state index contributed by atoms with van der Waals surface area (Å²) in [5.74, 6) is 2.46. The molecule has 2 aliphatic heterocycles. The van der Waals surface area contributed by atoms with E-state index in [0.717, 1.165) is 30.8 Å². The molecule has 1 amide bonds. The van der Waals surface area contributed by atoms with Crippen molar-refractivity contribution in [2.75, 3.05) is 6.61 Å². The number of ether oxygens (including phenoxy) is 1. The van der Waals surface area contributed by atoms with Crippen LogP contribution in [0.15, 0.2) is 12.2 Å². The molecule has 7 unspecified atom stereocenters. The first kappa shape index (κ1) is 15.4. The average Bonchev–Trinajstić information content (AvgIpc) is 3.15. The summed E-state index contributed by atoms with van der Waals surface area (Å²) in [6, 6.07) is 0.346. The maximum absolute atomic E-state index is 11.8. The van der Waals surface area contributed by atoms with Crippen LogP contribution in [0.4, 0.5) is 0 Å². The van der Waals surface area contributed by atoms with Crippen molar-refractivity contribution in [2.24, 2.45) is 28.6 Å². The second-order valence-corrected chi connectivity index (χ2v) is 9.66. The van der Waals surface area contributed by atoms with Gasteiger partial charge in [-0.1, -0.05) is 19.9 Å². The molecule has 3 nitrogen and oxygen atoms in total. The number of amides is 1. The number of nitrogens with one attached hydrogen (secondary N) is 1. The summed E-state index contributed by atoms with van der Waals surface area (Å²) in [5, 5.41) is 3.26. The van der Waals surface area contributed by atoms with Gasteiger partial charge in [-0.05, 0) is 80.6 Å². The van der Waals surface area contributed by atoms with E-state index in [-0.39, 0.29) is 16.9 Å². The molecule has 4 fully saturated rings. The van der Waals surface area contributed by atoms with Crippen LogP contribution >= 0.6 is 0 Å². The summed E-state index contributed by atoms with van der Waals surface area (Å²) >= 11 is 0. The molecule has 3 heteroatoms. The molecular weight excluding hydrogens is 298 g/mol. The van der Waals surface area contributed by atoms with Crippen molar-refractivity contribution < 1.29 is 9.53 Å². The Morgan fingerprint density at radius 1 is 1.08 bits per heavy atom. The van der Waals surface area contributed by atoms with Gasteiger partial charge in [0.2, 0.25) is 5.91 Å². The maximum Gasteiger partial charge on any atom is 0.243 e. The number of carbonyl (C=O) groups is 1. The van der Waals surface area contributed by atoms with E-state index in [1.165, 1.54) is 44.9 Å². The van der Waals surface area contributed by atoms with E-state index in [2.05, 4.69) is 25.2 Å². The first-order valence-electron chi connectivity index (χ1n) is 10.1. The topological polar surface area (TPSA) is 38.3 Å². The van der Waals surface area contributed by atoms with E-state index < -0.39 is 0 Å². The van der Waals surface area contributed by atoms with Crippen molar-refractivity contribution in [1.29, 1.82) is 0 Å². The van der Waals surface area contributed by atoms with Crippen LogP contribution in [-0.4, -0.2) is 24.2 Å². The van der Waals surface area contributed by atoms with E-state index in [0.29, 0.717) is 11.5 Å². The minimum Gasteiger partial charge on any atom is -0.374 e. The van der Waals surface area contributed by atoms with Gasteiger partial charge in [-0.2, -0.15) is 0 Å². The molecule has 1 spiro atoms. The fourth-order valence-corrected chi connectivity index (χ4v) is 7.77. The Kier molecular flexibility index (Phi) is 3.13. The van der Waals surface area contributed by atoms with Crippen LogP contribution < -0.4 is 5.32 Å². The van der Waals surface area contributed by atoms with Gasteiger partial charge in [0, 0.05) is 18.1 Å². The first-order chi connectivity index (χ1) is 11.5. The molecule has 132 valence electrons. The summed E-state index contributed by atoms with van der Waals surface area (Å²) in [4.78, 5) is 11.8. The zero-order valence-corrected chi connectivity index (χ0v) is 15.1. The predicted octanol–water partition coefficient (Wildman–Crippen LogP) is 3.83. The molecular formula is C21H31NO2. The molecule has 1 saturated heterocycles. The SMILES string of the molecule is CC12C=CC(=O)NC1CCC1C2CCC2(C)C1CCC21CCCO1. The van der Waals surface area contributed by atoms with Crippen LogP contribution in [0.25, 0.3) is 0 Å². The molecule has 0 radical (unpaired) electrons. The quantitative estimate of drug-likeness (QED) is 0.733. The van der Waals surface area contributed by atoms with Gasteiger partial charge in [0.15, 0.2) is 0 Å². The molecule has 0 aromatic carbocycles. The molecule has 0 aromatic heterocycles. The Bertz CT molecular complexity index is 593. The van der Waals surface area contributed by atoms with Crippen LogP contribution in [0.1, 0.15) is 65.2 Å². The van der Waals surface area contributed by atoms with Crippen LogP contribution in [-0.2, 0) is 9.53 Å². The molecule has 5 aliphatic rings. The standard InChI is InChI=1S/C21H31NO2/c1-19-10-8-18(23)22-17(19)5-4-14-15(19)6-11-20(2)16(14)7-12-21(20)9-3-13-24-21/h8,10,14-17H,3-7,9,11-13H2,1-2H3,(H,22,23). The fourth-order valence-electron chi connectivity index (χ4n) is 7.77. The molecule has 2 heterocycles. The summed E-state index contributed by atoms with van der Waals surface area (Å²) in [7, 11) is 0. The minimum absolute atomic E-state index is 0.107. The van der Waals surface area contributed by atoms with Gasteiger partial charge in [0.05, 0.1) is 5.60 Å². The fraction of sp³-hybridized carbons (Fsp3) is 0.857. The minimum atomic E-state index is 0.107. The van der Waals surface area contributed by atoms with Gasteiger partial charge in [-0.15, -0.1) is 0 Å². The third-order valence-electron chi connectivity index (χ3n) is 9.08. The van der Waals surface area contributed by atoms with Crippen LogP contribution in [0.2, 0.25) is 0 Å². The summed E-state index contributed by atoms with van der Waals surface area (Å²) in [6.07, 6.45) is 14.3. The highest BCUT2D eigenvalue weighted by Gasteiger charge is 2.65. The normalized spacial score (nSPS) is 55.8. The van der Waals surface area contributed by atoms with Crippen molar-refractivity contribution in [2.45, 2.75) is 76.9 Å².